The summed E-state index contributed by atoms with van der Waals surface area (Å²) in [5.74, 6) is 0. The summed E-state index contributed by atoms with van der Waals surface area (Å²) in [4.78, 5) is 25.6. The molecule has 4 heterocycles. The molecule has 7 nitrogen and oxygen atoms in total. The molecule has 0 spiro atoms. The van der Waals surface area contributed by atoms with Gasteiger partial charge in [-0.05, 0) is 18.2 Å². The summed E-state index contributed by atoms with van der Waals surface area (Å²) in [6.45, 7) is 0. The molecule has 0 aromatic carbocycles. The summed E-state index contributed by atoms with van der Waals surface area (Å²) in [6.07, 6.45) is 13.1. The lowest BCUT2D eigenvalue weighted by atomic mass is 10.5. The highest BCUT2D eigenvalue weighted by atomic mass is 15.0. The van der Waals surface area contributed by atoms with Crippen LogP contribution in [0.25, 0.3) is 11.2 Å². The lowest BCUT2D eigenvalue weighted by Gasteiger charge is -1.80. The van der Waals surface area contributed by atoms with Crippen LogP contribution in [-0.2, 0) is 0 Å². The van der Waals surface area contributed by atoms with Crippen LogP contribution in [0.1, 0.15) is 0 Å². The number of H-pyrrole nitrogens is 1. The van der Waals surface area contributed by atoms with E-state index >= 15 is 0 Å². The summed E-state index contributed by atoms with van der Waals surface area (Å²) in [5, 5.41) is 0. The molecule has 0 amide bonds. The first-order chi connectivity index (χ1) is 10.5. The zero-order chi connectivity index (χ0) is 14.6. The third-order valence-electron chi connectivity index (χ3n) is 2.14. The molecule has 4 rings (SSSR count). The van der Waals surface area contributed by atoms with Crippen molar-refractivity contribution in [1.82, 2.24) is 34.9 Å². The van der Waals surface area contributed by atoms with Crippen molar-refractivity contribution in [3.05, 3.63) is 74.2 Å². The fourth-order valence-electron chi connectivity index (χ4n) is 1.26. The summed E-state index contributed by atoms with van der Waals surface area (Å²) in [6, 6.07) is 7.49. The Labute approximate surface area is 121 Å². The molecule has 0 aliphatic rings. The van der Waals surface area contributed by atoms with Gasteiger partial charge in [-0.3, -0.25) is 4.98 Å². The Morgan fingerprint density at radius 1 is 0.667 bits per heavy atom. The molecule has 0 saturated carbocycles. The molecular formula is C14H13N7. The average molecular weight is 279 g/mol. The van der Waals surface area contributed by atoms with Crippen molar-refractivity contribution >= 4 is 11.2 Å². The molecule has 104 valence electrons. The molecule has 0 atom stereocenters. The monoisotopic (exact) mass is 279 g/mol. The van der Waals surface area contributed by atoms with Gasteiger partial charge in [-0.2, -0.15) is 0 Å². The van der Waals surface area contributed by atoms with Gasteiger partial charge in [0.05, 0.1) is 12.5 Å². The van der Waals surface area contributed by atoms with E-state index in [9.17, 15) is 0 Å². The van der Waals surface area contributed by atoms with Crippen molar-refractivity contribution in [1.29, 1.82) is 0 Å². The maximum Gasteiger partial charge on any atom is 0.180 e. The highest BCUT2D eigenvalue weighted by Gasteiger charge is 1.91. The Bertz CT molecular complexity index is 598. The van der Waals surface area contributed by atoms with Crippen LogP contribution in [0.5, 0.6) is 0 Å². The third kappa shape index (κ3) is 5.52. The molecule has 7 heteroatoms. The topological polar surface area (TPSA) is 93.1 Å². The largest absolute Gasteiger partial charge is 0.342 e. The molecule has 0 unspecified atom stereocenters. The molecule has 0 aliphatic heterocycles. The minimum absolute atomic E-state index is 0.713. The minimum atomic E-state index is 0.713. The number of fused-ring (bicyclic) bond motifs is 1. The fraction of sp³-hybridized carbons (Fsp3) is 0. The van der Waals surface area contributed by atoms with Crippen molar-refractivity contribution in [2.24, 2.45) is 0 Å². The lowest BCUT2D eigenvalue weighted by molar-refractivity contribution is 1.17. The number of aromatic nitrogens is 7. The molecule has 0 saturated heterocycles. The zero-order valence-corrected chi connectivity index (χ0v) is 11.1. The van der Waals surface area contributed by atoms with Gasteiger partial charge in [-0.15, -0.1) is 0 Å². The molecule has 0 fully saturated rings. The van der Waals surface area contributed by atoms with Gasteiger partial charge in [-0.25, -0.2) is 24.9 Å². The maximum atomic E-state index is 3.91. The van der Waals surface area contributed by atoms with Crippen LogP contribution in [-0.4, -0.2) is 34.9 Å². The number of hydrogen-bond acceptors (Lipinski definition) is 6. The SMILES string of the molecule is c1ccncc1.c1cncnc1.c1ncc2[nH]cnc2n1. The van der Waals surface area contributed by atoms with Crippen LogP contribution in [0, 0.1) is 0 Å². The van der Waals surface area contributed by atoms with Crippen molar-refractivity contribution in [3.8, 4) is 0 Å². The predicted octanol–water partition coefficient (Wildman–Crippen LogP) is 1.91. The number of nitrogens with zero attached hydrogens (tertiary/aromatic N) is 6. The van der Waals surface area contributed by atoms with Gasteiger partial charge in [0.15, 0.2) is 5.65 Å². The Kier molecular flexibility index (Phi) is 5.95. The number of nitrogens with one attached hydrogen (secondary N) is 1. The maximum absolute atomic E-state index is 3.91. The van der Waals surface area contributed by atoms with Crippen LogP contribution in [0.3, 0.4) is 0 Å². The molecule has 0 bridgehead atoms. The standard InChI is InChI=1S/C5H4N4.C5H5N.C4H4N2/c1-4-5(8-2-6-1)9-3-7-4;1-2-4-6-5-3-1;1-2-5-4-6-3-1/h1-3H,(H,6,7,8,9);1-5H;1-4H. The van der Waals surface area contributed by atoms with Gasteiger partial charge in [0, 0.05) is 24.8 Å². The first-order valence-electron chi connectivity index (χ1n) is 6.11. The Morgan fingerprint density at radius 2 is 1.43 bits per heavy atom. The van der Waals surface area contributed by atoms with Gasteiger partial charge >= 0.3 is 0 Å². The molecule has 0 aliphatic carbocycles. The van der Waals surface area contributed by atoms with Gasteiger partial charge < -0.3 is 4.98 Å². The number of pyridine rings is 1. The summed E-state index contributed by atoms with van der Waals surface area (Å²) in [7, 11) is 0. The van der Waals surface area contributed by atoms with Crippen molar-refractivity contribution in [2.45, 2.75) is 0 Å². The van der Waals surface area contributed by atoms with Crippen LogP contribution in [0.15, 0.2) is 74.2 Å². The van der Waals surface area contributed by atoms with E-state index in [-0.39, 0.29) is 0 Å². The van der Waals surface area contributed by atoms with Gasteiger partial charge in [0.2, 0.25) is 0 Å². The molecule has 21 heavy (non-hydrogen) atoms. The summed E-state index contributed by atoms with van der Waals surface area (Å²) < 4.78 is 0. The minimum Gasteiger partial charge on any atom is -0.342 e. The van der Waals surface area contributed by atoms with Crippen molar-refractivity contribution in [3.63, 3.8) is 0 Å². The van der Waals surface area contributed by atoms with Crippen LogP contribution < -0.4 is 0 Å². The van der Waals surface area contributed by atoms with Gasteiger partial charge in [-0.1, -0.05) is 6.07 Å². The zero-order valence-electron chi connectivity index (χ0n) is 11.1. The average Bonchev–Trinajstić information content (AvgIpc) is 3.08. The third-order valence-corrected chi connectivity index (χ3v) is 2.14. The normalized spacial score (nSPS) is 8.95. The Balaban J connectivity index is 0.000000120. The van der Waals surface area contributed by atoms with E-state index in [1.165, 1.54) is 12.7 Å². The molecular weight excluding hydrogens is 266 g/mol. The van der Waals surface area contributed by atoms with E-state index in [1.54, 1.807) is 43.4 Å². The predicted molar refractivity (Wildman–Crippen MR) is 78.0 cm³/mol. The number of hydrogen-bond donors (Lipinski definition) is 1. The number of imidazole rings is 1. The van der Waals surface area contributed by atoms with E-state index in [0.29, 0.717) is 5.65 Å². The van der Waals surface area contributed by atoms with Gasteiger partial charge in [0.1, 0.15) is 18.2 Å². The molecule has 0 radical (unpaired) electrons. The van der Waals surface area contributed by atoms with Crippen molar-refractivity contribution < 1.29 is 0 Å². The van der Waals surface area contributed by atoms with Crippen LogP contribution in [0.2, 0.25) is 0 Å². The van der Waals surface area contributed by atoms with E-state index in [0.717, 1.165) is 5.52 Å². The summed E-state index contributed by atoms with van der Waals surface area (Å²) >= 11 is 0. The second kappa shape index (κ2) is 8.81. The number of aromatic amines is 1. The highest BCUT2D eigenvalue weighted by molar-refractivity contribution is 5.67. The van der Waals surface area contributed by atoms with Crippen LogP contribution in [0.4, 0.5) is 0 Å². The summed E-state index contributed by atoms with van der Waals surface area (Å²) in [5.41, 5.74) is 1.59. The molecule has 4 aromatic rings. The molecule has 1 N–H and O–H groups in total. The van der Waals surface area contributed by atoms with Gasteiger partial charge in [0.25, 0.3) is 0 Å². The second-order valence-electron chi connectivity index (χ2n) is 3.59. The van der Waals surface area contributed by atoms with E-state index in [1.807, 2.05) is 18.2 Å². The quantitative estimate of drug-likeness (QED) is 0.528. The highest BCUT2D eigenvalue weighted by Crippen LogP contribution is 1.99. The van der Waals surface area contributed by atoms with Crippen molar-refractivity contribution in [2.75, 3.05) is 0 Å². The van der Waals surface area contributed by atoms with E-state index in [2.05, 4.69) is 34.9 Å². The Hall–Kier alpha value is -3.22. The smallest absolute Gasteiger partial charge is 0.180 e. The van der Waals surface area contributed by atoms with E-state index in [4.69, 9.17) is 0 Å². The Morgan fingerprint density at radius 3 is 1.90 bits per heavy atom. The lowest BCUT2D eigenvalue weighted by Crippen LogP contribution is -1.76. The first kappa shape index (κ1) is 14.2. The first-order valence-corrected chi connectivity index (χ1v) is 6.11. The van der Waals surface area contributed by atoms with Crippen LogP contribution >= 0.6 is 0 Å². The van der Waals surface area contributed by atoms with E-state index < -0.39 is 0 Å². The number of rotatable bonds is 0. The second-order valence-corrected chi connectivity index (χ2v) is 3.59. The fourth-order valence-corrected chi connectivity index (χ4v) is 1.26. The molecule has 4 aromatic heterocycles.